The topological polar surface area (TPSA) is 65.2 Å². The van der Waals surface area contributed by atoms with E-state index in [1.165, 1.54) is 32.1 Å². The summed E-state index contributed by atoms with van der Waals surface area (Å²) in [7, 11) is 0. The smallest absolute Gasteiger partial charge is 0.0836 e. The van der Waals surface area contributed by atoms with Crippen molar-refractivity contribution < 1.29 is 10.4 Å². The van der Waals surface area contributed by atoms with E-state index in [2.05, 4.69) is 57.1 Å². The lowest BCUT2D eigenvalue weighted by atomic mass is 9.46. The molecule has 4 rings (SSSR count). The van der Waals surface area contributed by atoms with Gasteiger partial charge in [0, 0.05) is 0 Å². The predicted octanol–water partition coefficient (Wildman–Crippen LogP) is 7.07. The molecule has 0 saturated heterocycles. The van der Waals surface area contributed by atoms with E-state index in [4.69, 9.17) is 0 Å². The van der Waals surface area contributed by atoms with Gasteiger partial charge in [-0.25, -0.2) is 0 Å². The highest BCUT2D eigenvalue weighted by Crippen LogP contribution is 2.67. The van der Waals surface area contributed by atoms with Gasteiger partial charge in [-0.1, -0.05) is 57.1 Å². The van der Waals surface area contributed by atoms with Crippen LogP contribution in [0.5, 0.6) is 0 Å². The third-order valence-electron chi connectivity index (χ3n) is 9.83. The number of allylic oxidation sites excluding steroid dienone is 4. The van der Waals surface area contributed by atoms with Crippen LogP contribution < -0.4 is 0 Å². The minimum absolute atomic E-state index is 0.0286. The minimum atomic E-state index is 0.0286. The molecular formula is C27H42N2O2. The van der Waals surface area contributed by atoms with Gasteiger partial charge in [0.15, 0.2) is 0 Å². The van der Waals surface area contributed by atoms with Crippen LogP contribution >= 0.6 is 0 Å². The van der Waals surface area contributed by atoms with Crippen molar-refractivity contribution in [2.24, 2.45) is 56.6 Å². The molecule has 4 nitrogen and oxygen atoms in total. The van der Waals surface area contributed by atoms with Gasteiger partial charge in [-0.05, 0) is 109 Å². The summed E-state index contributed by atoms with van der Waals surface area (Å²) in [6.07, 6.45) is 15.9. The van der Waals surface area contributed by atoms with Crippen molar-refractivity contribution >= 4 is 11.4 Å². The number of oxime groups is 2. The molecule has 0 amide bonds. The number of hydrogen-bond acceptors (Lipinski definition) is 4. The standard InChI is InChI=1S/C27H42N2O2/c1-17(2)7-6-8-18(3)21-9-10-22-20-16-25(29-31)24-15-19(28-30)11-13-27(24,5)23(20)12-14-26(21,22)4/h6,8,15,17-18,20-23,30-31H,7,9-14,16H2,1-5H3/b8-6+,28-19+,29-25+/t18-,20?,21?,22?,23?,26?,27?/m1/s1. The first-order chi connectivity index (χ1) is 14.7. The Bertz CT molecular complexity index is 810. The Hall–Kier alpha value is -1.58. The van der Waals surface area contributed by atoms with Gasteiger partial charge in [-0.15, -0.1) is 0 Å². The summed E-state index contributed by atoms with van der Waals surface area (Å²) in [4.78, 5) is 0. The zero-order chi connectivity index (χ0) is 22.4. The molecule has 0 radical (unpaired) electrons. The van der Waals surface area contributed by atoms with E-state index < -0.39 is 0 Å². The third kappa shape index (κ3) is 3.68. The Morgan fingerprint density at radius 2 is 1.84 bits per heavy atom. The highest BCUT2D eigenvalue weighted by molar-refractivity contribution is 6.09. The molecule has 3 fully saturated rings. The monoisotopic (exact) mass is 426 g/mol. The summed E-state index contributed by atoms with van der Waals surface area (Å²) < 4.78 is 0. The van der Waals surface area contributed by atoms with Gasteiger partial charge in [-0.2, -0.15) is 0 Å². The quantitative estimate of drug-likeness (QED) is 0.287. The molecular weight excluding hydrogens is 384 g/mol. The molecule has 0 spiro atoms. The second-order valence-corrected chi connectivity index (χ2v) is 11.8. The Kier molecular flexibility index (Phi) is 6.13. The molecule has 4 aliphatic carbocycles. The summed E-state index contributed by atoms with van der Waals surface area (Å²) in [5.41, 5.74) is 3.09. The first kappa shape index (κ1) is 22.6. The van der Waals surface area contributed by atoms with E-state index in [0.717, 1.165) is 48.1 Å². The second kappa shape index (κ2) is 8.41. The Balaban J connectivity index is 1.61. The lowest BCUT2D eigenvalue weighted by molar-refractivity contribution is -0.0384. The van der Waals surface area contributed by atoms with E-state index in [1.807, 2.05) is 6.08 Å². The fraction of sp³-hybridized carbons (Fsp3) is 0.778. The van der Waals surface area contributed by atoms with Crippen molar-refractivity contribution in [3.05, 3.63) is 23.8 Å². The molecule has 0 aromatic heterocycles. The maximum Gasteiger partial charge on any atom is 0.0836 e. The van der Waals surface area contributed by atoms with Crippen LogP contribution in [0.25, 0.3) is 0 Å². The van der Waals surface area contributed by atoms with Crippen LogP contribution in [-0.2, 0) is 0 Å². The van der Waals surface area contributed by atoms with Crippen molar-refractivity contribution in [3.8, 4) is 0 Å². The van der Waals surface area contributed by atoms with Crippen LogP contribution in [0.1, 0.15) is 86.0 Å². The van der Waals surface area contributed by atoms with Crippen LogP contribution in [0.2, 0.25) is 0 Å². The normalized spacial score (nSPS) is 43.7. The van der Waals surface area contributed by atoms with Crippen LogP contribution in [0.3, 0.4) is 0 Å². The van der Waals surface area contributed by atoms with E-state index in [9.17, 15) is 10.4 Å². The molecule has 0 aromatic carbocycles. The highest BCUT2D eigenvalue weighted by Gasteiger charge is 2.60. The van der Waals surface area contributed by atoms with Gasteiger partial charge in [0.2, 0.25) is 0 Å². The molecule has 4 aliphatic rings. The minimum Gasteiger partial charge on any atom is -0.411 e. The summed E-state index contributed by atoms with van der Waals surface area (Å²) in [5.74, 6) is 4.04. The first-order valence-corrected chi connectivity index (χ1v) is 12.6. The van der Waals surface area contributed by atoms with Crippen LogP contribution in [0.15, 0.2) is 34.1 Å². The van der Waals surface area contributed by atoms with Gasteiger partial charge < -0.3 is 10.4 Å². The molecule has 0 heterocycles. The molecule has 4 heteroatoms. The molecule has 0 aliphatic heterocycles. The van der Waals surface area contributed by atoms with Gasteiger partial charge in [0.05, 0.1) is 11.4 Å². The Morgan fingerprint density at radius 3 is 2.52 bits per heavy atom. The summed E-state index contributed by atoms with van der Waals surface area (Å²) in [5, 5.41) is 26.5. The van der Waals surface area contributed by atoms with E-state index in [1.54, 1.807) is 0 Å². The van der Waals surface area contributed by atoms with Gasteiger partial charge in [0.25, 0.3) is 0 Å². The molecule has 7 atom stereocenters. The summed E-state index contributed by atoms with van der Waals surface area (Å²) >= 11 is 0. The predicted molar refractivity (Wildman–Crippen MR) is 127 cm³/mol. The van der Waals surface area contributed by atoms with E-state index >= 15 is 0 Å². The van der Waals surface area contributed by atoms with Gasteiger partial charge >= 0.3 is 0 Å². The second-order valence-electron chi connectivity index (χ2n) is 11.8. The largest absolute Gasteiger partial charge is 0.411 e. The zero-order valence-corrected chi connectivity index (χ0v) is 20.1. The zero-order valence-electron chi connectivity index (χ0n) is 20.1. The fourth-order valence-corrected chi connectivity index (χ4v) is 8.20. The van der Waals surface area contributed by atoms with Gasteiger partial charge in [-0.3, -0.25) is 0 Å². The number of hydrogen-bond donors (Lipinski definition) is 2. The Morgan fingerprint density at radius 1 is 1.06 bits per heavy atom. The lowest BCUT2D eigenvalue weighted by Gasteiger charge is -2.58. The van der Waals surface area contributed by atoms with Crippen LogP contribution in [0, 0.1) is 46.3 Å². The summed E-state index contributed by atoms with van der Waals surface area (Å²) in [6.45, 7) is 12.0. The molecule has 0 aromatic rings. The SMILES string of the molecule is CC(C)C/C=C/[C@@H](C)C1CCC2C3C/C(=N\O)C4=C/C(=N/O)CCC4(C)C3CCC21C. The van der Waals surface area contributed by atoms with Crippen molar-refractivity contribution in [2.75, 3.05) is 0 Å². The average molecular weight is 427 g/mol. The van der Waals surface area contributed by atoms with Crippen LogP contribution in [0.4, 0.5) is 0 Å². The van der Waals surface area contributed by atoms with Crippen molar-refractivity contribution in [3.63, 3.8) is 0 Å². The molecule has 6 unspecified atom stereocenters. The lowest BCUT2D eigenvalue weighted by Crippen LogP contribution is -2.53. The highest BCUT2D eigenvalue weighted by atomic mass is 16.4. The summed E-state index contributed by atoms with van der Waals surface area (Å²) in [6, 6.07) is 0. The molecule has 3 saturated carbocycles. The van der Waals surface area contributed by atoms with Crippen LogP contribution in [-0.4, -0.2) is 21.8 Å². The maximum atomic E-state index is 9.92. The molecule has 0 bridgehead atoms. The van der Waals surface area contributed by atoms with E-state index in [-0.39, 0.29) is 5.41 Å². The van der Waals surface area contributed by atoms with E-state index in [0.29, 0.717) is 29.1 Å². The molecule has 2 N–H and O–H groups in total. The number of nitrogens with zero attached hydrogens (tertiary/aromatic N) is 2. The maximum absolute atomic E-state index is 9.92. The van der Waals surface area contributed by atoms with Crippen molar-refractivity contribution in [1.82, 2.24) is 0 Å². The van der Waals surface area contributed by atoms with Gasteiger partial charge in [0.1, 0.15) is 0 Å². The first-order valence-electron chi connectivity index (χ1n) is 12.6. The molecule has 31 heavy (non-hydrogen) atoms. The third-order valence-corrected chi connectivity index (χ3v) is 9.83. The number of fused-ring (bicyclic) bond motifs is 5. The average Bonchev–Trinajstić information content (AvgIpc) is 3.09. The van der Waals surface area contributed by atoms with Crippen molar-refractivity contribution in [1.29, 1.82) is 0 Å². The fourth-order valence-electron chi connectivity index (χ4n) is 8.20. The van der Waals surface area contributed by atoms with Crippen molar-refractivity contribution in [2.45, 2.75) is 86.0 Å². The molecule has 172 valence electrons. The Labute approximate surface area is 188 Å². The number of rotatable bonds is 4.